The number of aromatic nitrogens is 1. The van der Waals surface area contributed by atoms with Gasteiger partial charge in [-0.3, -0.25) is 9.69 Å². The van der Waals surface area contributed by atoms with Gasteiger partial charge in [0, 0.05) is 63.6 Å². The first-order valence-corrected chi connectivity index (χ1v) is 10.8. The predicted octanol–water partition coefficient (Wildman–Crippen LogP) is 2.57. The summed E-state index contributed by atoms with van der Waals surface area (Å²) < 4.78 is 0. The molecular formula is C23H35N5O. The zero-order valence-corrected chi connectivity index (χ0v) is 17.8. The number of allylic oxidation sites excluding steroid dienone is 1. The number of likely N-dealkylation sites (tertiary alicyclic amines) is 1. The van der Waals surface area contributed by atoms with Gasteiger partial charge >= 0.3 is 0 Å². The molecule has 1 amide bonds. The van der Waals surface area contributed by atoms with Crippen LogP contribution in [0.15, 0.2) is 43.3 Å². The molecule has 0 radical (unpaired) electrons. The maximum Gasteiger partial charge on any atom is 0.222 e. The van der Waals surface area contributed by atoms with Crippen molar-refractivity contribution in [3.63, 3.8) is 0 Å². The van der Waals surface area contributed by atoms with Crippen LogP contribution in [0.25, 0.3) is 0 Å². The number of piperidine rings is 1. The Morgan fingerprint density at radius 3 is 2.55 bits per heavy atom. The van der Waals surface area contributed by atoms with Crippen molar-refractivity contribution < 1.29 is 4.79 Å². The summed E-state index contributed by atoms with van der Waals surface area (Å²) in [6.07, 6.45) is 7.22. The van der Waals surface area contributed by atoms with Crippen molar-refractivity contribution in [2.75, 3.05) is 50.7 Å². The van der Waals surface area contributed by atoms with Gasteiger partial charge in [-0.2, -0.15) is 0 Å². The molecule has 6 nitrogen and oxygen atoms in total. The molecule has 0 aliphatic carbocycles. The van der Waals surface area contributed by atoms with Crippen LogP contribution in [0.5, 0.6) is 0 Å². The van der Waals surface area contributed by atoms with Crippen LogP contribution in [0.2, 0.25) is 0 Å². The maximum atomic E-state index is 12.5. The first-order valence-electron chi connectivity index (χ1n) is 10.8. The van der Waals surface area contributed by atoms with Gasteiger partial charge in [0.1, 0.15) is 5.82 Å². The molecule has 2 aliphatic rings. The molecule has 2 fully saturated rings. The van der Waals surface area contributed by atoms with Crippen molar-refractivity contribution in [3.05, 3.63) is 48.8 Å². The number of hydrogen-bond donors (Lipinski definition) is 1. The Hall–Kier alpha value is -2.34. The van der Waals surface area contributed by atoms with E-state index in [4.69, 9.17) is 0 Å². The highest BCUT2D eigenvalue weighted by molar-refractivity contribution is 5.76. The second-order valence-electron chi connectivity index (χ2n) is 8.15. The topological polar surface area (TPSA) is 51.7 Å². The Labute approximate surface area is 175 Å². The zero-order valence-electron chi connectivity index (χ0n) is 17.8. The Kier molecular flexibility index (Phi) is 7.69. The van der Waals surface area contributed by atoms with Crippen molar-refractivity contribution in [2.45, 2.75) is 38.6 Å². The summed E-state index contributed by atoms with van der Waals surface area (Å²) in [4.78, 5) is 23.9. The molecule has 2 aliphatic heterocycles. The Balaban J connectivity index is 1.31. The summed E-state index contributed by atoms with van der Waals surface area (Å²) in [5.74, 6) is 1.37. The van der Waals surface area contributed by atoms with Crippen molar-refractivity contribution in [1.29, 1.82) is 0 Å². The second-order valence-corrected chi connectivity index (χ2v) is 8.15. The fourth-order valence-corrected chi connectivity index (χ4v) is 4.05. The number of pyridine rings is 1. The van der Waals surface area contributed by atoms with E-state index in [-0.39, 0.29) is 0 Å². The van der Waals surface area contributed by atoms with Gasteiger partial charge in [0.25, 0.3) is 0 Å². The lowest BCUT2D eigenvalue weighted by Gasteiger charge is -2.36. The predicted molar refractivity (Wildman–Crippen MR) is 119 cm³/mol. The lowest BCUT2D eigenvalue weighted by molar-refractivity contribution is -0.132. The lowest BCUT2D eigenvalue weighted by Crippen LogP contribution is -2.47. The van der Waals surface area contributed by atoms with Crippen LogP contribution in [-0.2, 0) is 4.79 Å². The van der Waals surface area contributed by atoms with Gasteiger partial charge in [-0.25, -0.2) is 4.98 Å². The summed E-state index contributed by atoms with van der Waals surface area (Å²) in [6.45, 7) is 16.4. The first kappa shape index (κ1) is 21.4. The number of amides is 1. The van der Waals surface area contributed by atoms with Crippen molar-refractivity contribution in [2.24, 2.45) is 0 Å². The number of nitrogens with one attached hydrogen (secondary N) is 1. The number of anilines is 1. The molecule has 29 heavy (non-hydrogen) atoms. The highest BCUT2D eigenvalue weighted by atomic mass is 16.2. The van der Waals surface area contributed by atoms with E-state index in [1.807, 2.05) is 11.1 Å². The number of carbonyl (C=O) groups excluding carboxylic acids is 1. The minimum absolute atomic E-state index is 0.300. The van der Waals surface area contributed by atoms with Gasteiger partial charge in [-0.15, -0.1) is 0 Å². The minimum Gasteiger partial charge on any atom is -0.383 e. The quantitative estimate of drug-likeness (QED) is 0.684. The van der Waals surface area contributed by atoms with Crippen molar-refractivity contribution >= 4 is 11.7 Å². The van der Waals surface area contributed by atoms with Crippen LogP contribution in [0.4, 0.5) is 5.82 Å². The standard InChI is InChI=1S/C23H35N5O/c1-4-20(3)25-21-9-12-28(13-10-21)23(29)6-5-11-26-14-16-27(17-15-26)22-8-7-19(2)18-24-22/h4,7-8,18,21,25H,1,3,5-6,9-17H2,2H3. The van der Waals surface area contributed by atoms with E-state index in [1.54, 1.807) is 6.08 Å². The molecule has 3 heterocycles. The molecule has 1 aromatic rings. The van der Waals surface area contributed by atoms with Gasteiger partial charge in [-0.05, 0) is 50.4 Å². The van der Waals surface area contributed by atoms with E-state index in [0.717, 1.165) is 76.6 Å². The van der Waals surface area contributed by atoms with E-state index < -0.39 is 0 Å². The normalized spacial score (nSPS) is 18.5. The average Bonchev–Trinajstić information content (AvgIpc) is 2.75. The highest BCUT2D eigenvalue weighted by Gasteiger charge is 2.23. The molecule has 1 aromatic heterocycles. The number of hydrogen-bond acceptors (Lipinski definition) is 5. The molecule has 0 spiro atoms. The van der Waals surface area contributed by atoms with Gasteiger partial charge in [0.2, 0.25) is 5.91 Å². The molecule has 0 bridgehead atoms. The van der Waals surface area contributed by atoms with E-state index in [9.17, 15) is 4.79 Å². The zero-order chi connectivity index (χ0) is 20.6. The van der Waals surface area contributed by atoms with Crippen LogP contribution in [0, 0.1) is 6.92 Å². The Bertz CT molecular complexity index is 686. The third-order valence-corrected chi connectivity index (χ3v) is 5.94. The SMILES string of the molecule is C=CC(=C)NC1CCN(C(=O)CCCN2CCN(c3ccc(C)cn3)CC2)CC1. The smallest absolute Gasteiger partial charge is 0.222 e. The monoisotopic (exact) mass is 397 g/mol. The third kappa shape index (κ3) is 6.32. The summed E-state index contributed by atoms with van der Waals surface area (Å²) in [5.41, 5.74) is 2.06. The summed E-state index contributed by atoms with van der Waals surface area (Å²) in [5, 5.41) is 3.37. The lowest BCUT2D eigenvalue weighted by atomic mass is 10.0. The number of nitrogens with zero attached hydrogens (tertiary/aromatic N) is 4. The summed E-state index contributed by atoms with van der Waals surface area (Å²) >= 11 is 0. The van der Waals surface area contributed by atoms with Gasteiger partial charge < -0.3 is 15.1 Å². The van der Waals surface area contributed by atoms with E-state index in [1.165, 1.54) is 5.56 Å². The highest BCUT2D eigenvalue weighted by Crippen LogP contribution is 2.16. The number of piperazine rings is 1. The summed E-state index contributed by atoms with van der Waals surface area (Å²) in [7, 11) is 0. The molecule has 6 heteroatoms. The fourth-order valence-electron chi connectivity index (χ4n) is 4.05. The van der Waals surface area contributed by atoms with Gasteiger partial charge in [0.05, 0.1) is 0 Å². The maximum absolute atomic E-state index is 12.5. The molecule has 0 aromatic carbocycles. The molecule has 0 atom stereocenters. The van der Waals surface area contributed by atoms with Gasteiger partial charge in [0.15, 0.2) is 0 Å². The van der Waals surface area contributed by atoms with Crippen LogP contribution in [0.1, 0.15) is 31.2 Å². The molecule has 0 unspecified atom stereocenters. The van der Waals surface area contributed by atoms with Crippen LogP contribution >= 0.6 is 0 Å². The van der Waals surface area contributed by atoms with Crippen molar-refractivity contribution in [1.82, 2.24) is 20.1 Å². The molecule has 0 saturated carbocycles. The number of aryl methyl sites for hydroxylation is 1. The minimum atomic E-state index is 0.300. The van der Waals surface area contributed by atoms with Crippen molar-refractivity contribution in [3.8, 4) is 0 Å². The average molecular weight is 398 g/mol. The third-order valence-electron chi connectivity index (χ3n) is 5.94. The second kappa shape index (κ2) is 10.4. The first-order chi connectivity index (χ1) is 14.0. The molecule has 2 saturated heterocycles. The van der Waals surface area contributed by atoms with E-state index in [0.29, 0.717) is 18.4 Å². The molecule has 3 rings (SSSR count). The summed E-state index contributed by atoms with van der Waals surface area (Å²) in [6, 6.07) is 4.63. The molecule has 1 N–H and O–H groups in total. The largest absolute Gasteiger partial charge is 0.383 e. The fraction of sp³-hybridized carbons (Fsp3) is 0.565. The van der Waals surface area contributed by atoms with Crippen LogP contribution in [0.3, 0.4) is 0 Å². The molecular weight excluding hydrogens is 362 g/mol. The Morgan fingerprint density at radius 2 is 1.93 bits per heavy atom. The number of carbonyl (C=O) groups is 1. The van der Waals surface area contributed by atoms with Gasteiger partial charge in [-0.1, -0.05) is 19.2 Å². The Morgan fingerprint density at radius 1 is 1.21 bits per heavy atom. The van der Waals surface area contributed by atoms with E-state index >= 15 is 0 Å². The van der Waals surface area contributed by atoms with Crippen LogP contribution < -0.4 is 10.2 Å². The number of rotatable bonds is 8. The molecule has 158 valence electrons. The van der Waals surface area contributed by atoms with Crippen LogP contribution in [-0.4, -0.2) is 72.5 Å². The van der Waals surface area contributed by atoms with E-state index in [2.05, 4.69) is 52.3 Å².